The number of aromatic nitrogens is 1. The summed E-state index contributed by atoms with van der Waals surface area (Å²) < 4.78 is 4.23. The molecule has 1 saturated carbocycles. The molecule has 0 saturated heterocycles. The Balaban J connectivity index is 1.92. The van der Waals surface area contributed by atoms with E-state index in [1.54, 1.807) is 0 Å². The molecule has 116 valence electrons. The van der Waals surface area contributed by atoms with E-state index >= 15 is 0 Å². The summed E-state index contributed by atoms with van der Waals surface area (Å²) in [6.45, 7) is 6.11. The topological polar surface area (TPSA) is 75.3 Å². The zero-order chi connectivity index (χ0) is 15.4. The van der Waals surface area contributed by atoms with E-state index in [0.717, 1.165) is 17.0 Å². The lowest BCUT2D eigenvalue weighted by Crippen LogP contribution is -2.44. The van der Waals surface area contributed by atoms with Crippen molar-refractivity contribution in [3.8, 4) is 0 Å². The Labute approximate surface area is 135 Å². The third-order valence-corrected chi connectivity index (χ3v) is 4.98. The summed E-state index contributed by atoms with van der Waals surface area (Å²) in [6.07, 6.45) is 5.02. The molecule has 0 unspecified atom stereocenters. The lowest BCUT2D eigenvalue weighted by Gasteiger charge is -2.30. The van der Waals surface area contributed by atoms with Gasteiger partial charge < -0.3 is 11.1 Å². The van der Waals surface area contributed by atoms with Gasteiger partial charge in [-0.3, -0.25) is 5.43 Å². The fraction of sp³-hybridized carbons (Fsp3) is 0.643. The van der Waals surface area contributed by atoms with Gasteiger partial charge in [0.05, 0.1) is 17.0 Å². The van der Waals surface area contributed by atoms with Gasteiger partial charge in [0.2, 0.25) is 0 Å². The zero-order valence-electron chi connectivity index (χ0n) is 12.8. The van der Waals surface area contributed by atoms with Crippen molar-refractivity contribution in [2.75, 3.05) is 5.73 Å². The summed E-state index contributed by atoms with van der Waals surface area (Å²) in [5, 5.41) is 8.96. The number of hydrogen-bond acceptors (Lipinski definition) is 5. The van der Waals surface area contributed by atoms with Crippen molar-refractivity contribution in [2.24, 2.45) is 11.0 Å². The smallest absolute Gasteiger partial charge is 0.187 e. The van der Waals surface area contributed by atoms with E-state index in [9.17, 15) is 0 Å². The molecule has 2 rings (SSSR count). The number of nitrogens with two attached hydrogens (primary N) is 1. The Morgan fingerprint density at radius 3 is 2.76 bits per heavy atom. The van der Waals surface area contributed by atoms with Crippen LogP contribution in [-0.2, 0) is 0 Å². The van der Waals surface area contributed by atoms with Crippen molar-refractivity contribution in [1.82, 2.24) is 15.1 Å². The molecule has 7 heteroatoms. The highest BCUT2D eigenvalue weighted by atomic mass is 32.1. The van der Waals surface area contributed by atoms with Crippen LogP contribution in [0.15, 0.2) is 5.10 Å². The Morgan fingerprint density at radius 1 is 1.43 bits per heavy atom. The van der Waals surface area contributed by atoms with E-state index in [-0.39, 0.29) is 0 Å². The lowest BCUT2D eigenvalue weighted by molar-refractivity contribution is 0.308. The molecule has 1 aromatic heterocycles. The van der Waals surface area contributed by atoms with E-state index in [4.69, 9.17) is 18.0 Å². The van der Waals surface area contributed by atoms with Gasteiger partial charge in [0.15, 0.2) is 5.11 Å². The predicted molar refractivity (Wildman–Crippen MR) is 93.8 cm³/mol. The van der Waals surface area contributed by atoms with E-state index in [2.05, 4.69) is 27.1 Å². The second-order valence-electron chi connectivity index (χ2n) is 5.66. The average Bonchev–Trinajstić information content (AvgIpc) is 2.78. The van der Waals surface area contributed by atoms with E-state index < -0.39 is 0 Å². The summed E-state index contributed by atoms with van der Waals surface area (Å²) in [5.74, 6) is 0.655. The molecule has 1 aromatic rings. The molecule has 0 radical (unpaired) electrons. The summed E-state index contributed by atoms with van der Waals surface area (Å²) in [6, 6.07) is 0.448. The van der Waals surface area contributed by atoms with Gasteiger partial charge in [0.1, 0.15) is 5.00 Å². The van der Waals surface area contributed by atoms with Crippen molar-refractivity contribution in [3.63, 3.8) is 0 Å². The molecule has 5 nitrogen and oxygen atoms in total. The van der Waals surface area contributed by atoms with Gasteiger partial charge in [-0.15, -0.1) is 0 Å². The van der Waals surface area contributed by atoms with Gasteiger partial charge >= 0.3 is 0 Å². The van der Waals surface area contributed by atoms with Crippen molar-refractivity contribution >= 4 is 39.6 Å². The van der Waals surface area contributed by atoms with Crippen LogP contribution in [0, 0.1) is 12.8 Å². The lowest BCUT2D eigenvalue weighted by atomic mass is 9.86. The molecule has 21 heavy (non-hydrogen) atoms. The molecule has 0 aliphatic heterocycles. The third-order valence-electron chi connectivity index (χ3n) is 4.00. The molecular formula is C14H23N5S2. The maximum Gasteiger partial charge on any atom is 0.187 e. The molecule has 2 atom stereocenters. The Bertz CT molecular complexity index is 518. The van der Waals surface area contributed by atoms with Crippen LogP contribution in [0.25, 0.3) is 0 Å². The SMILES string of the molecule is C/C(=N/NC(=S)N[C@@H]1CCCC[C@H]1C)c1c(C)nsc1N. The van der Waals surface area contributed by atoms with Crippen LogP contribution in [0.5, 0.6) is 0 Å². The Kier molecular flexibility index (Phi) is 5.52. The highest BCUT2D eigenvalue weighted by Gasteiger charge is 2.21. The number of thiocarbonyl (C=S) groups is 1. The van der Waals surface area contributed by atoms with Crippen molar-refractivity contribution in [3.05, 3.63) is 11.3 Å². The molecular weight excluding hydrogens is 302 g/mol. The van der Waals surface area contributed by atoms with Gasteiger partial charge in [-0.1, -0.05) is 19.8 Å². The van der Waals surface area contributed by atoms with Crippen molar-refractivity contribution in [2.45, 2.75) is 52.5 Å². The molecule has 1 fully saturated rings. The van der Waals surface area contributed by atoms with Gasteiger partial charge in [-0.2, -0.15) is 9.47 Å². The van der Waals surface area contributed by atoms with Crippen LogP contribution < -0.4 is 16.5 Å². The molecule has 0 aromatic carbocycles. The number of nitrogens with one attached hydrogen (secondary N) is 2. The maximum atomic E-state index is 5.92. The molecule has 1 heterocycles. The van der Waals surface area contributed by atoms with Crippen LogP contribution in [0.3, 0.4) is 0 Å². The largest absolute Gasteiger partial charge is 0.389 e. The Hall–Kier alpha value is -1.21. The van der Waals surface area contributed by atoms with Crippen LogP contribution >= 0.6 is 23.8 Å². The number of anilines is 1. The number of nitrogens with zero attached hydrogens (tertiary/aromatic N) is 2. The highest BCUT2D eigenvalue weighted by molar-refractivity contribution is 7.80. The van der Waals surface area contributed by atoms with E-state index in [1.807, 2.05) is 13.8 Å². The molecule has 1 aliphatic carbocycles. The van der Waals surface area contributed by atoms with E-state index in [0.29, 0.717) is 22.1 Å². The van der Waals surface area contributed by atoms with Crippen LogP contribution in [-0.4, -0.2) is 21.2 Å². The van der Waals surface area contributed by atoms with Gasteiger partial charge in [-0.05, 0) is 56.4 Å². The average molecular weight is 326 g/mol. The van der Waals surface area contributed by atoms with E-state index in [1.165, 1.54) is 37.2 Å². The summed E-state index contributed by atoms with van der Waals surface area (Å²) in [7, 11) is 0. The fourth-order valence-corrected chi connectivity index (χ4v) is 3.66. The van der Waals surface area contributed by atoms with Crippen molar-refractivity contribution in [1.29, 1.82) is 0 Å². The minimum atomic E-state index is 0.448. The molecule has 4 N–H and O–H groups in total. The molecule has 0 amide bonds. The molecule has 0 spiro atoms. The van der Waals surface area contributed by atoms with Crippen LogP contribution in [0.1, 0.15) is 50.8 Å². The highest BCUT2D eigenvalue weighted by Crippen LogP contribution is 2.23. The van der Waals surface area contributed by atoms with Gasteiger partial charge in [-0.25, -0.2) is 0 Å². The second kappa shape index (κ2) is 7.17. The summed E-state index contributed by atoms with van der Waals surface area (Å²) in [4.78, 5) is 0. The van der Waals surface area contributed by atoms with Crippen LogP contribution in [0.2, 0.25) is 0 Å². The molecule has 1 aliphatic rings. The first-order chi connectivity index (χ1) is 9.99. The molecule has 0 bridgehead atoms. The van der Waals surface area contributed by atoms with Gasteiger partial charge in [0.25, 0.3) is 0 Å². The van der Waals surface area contributed by atoms with Crippen LogP contribution in [0.4, 0.5) is 5.00 Å². The number of aryl methyl sites for hydroxylation is 1. The second-order valence-corrected chi connectivity index (χ2v) is 6.87. The number of rotatable bonds is 3. The summed E-state index contributed by atoms with van der Waals surface area (Å²) in [5.41, 5.74) is 11.5. The monoisotopic (exact) mass is 325 g/mol. The van der Waals surface area contributed by atoms with Crippen molar-refractivity contribution < 1.29 is 0 Å². The number of hydrazone groups is 1. The Morgan fingerprint density at radius 2 is 2.14 bits per heavy atom. The minimum Gasteiger partial charge on any atom is -0.389 e. The standard InChI is InChI=1S/C14H23N5S2/c1-8-6-4-5-7-11(8)16-14(20)18-17-9(2)12-10(3)19-21-13(12)15/h8,11H,4-7,15H2,1-3H3,(H2,16,18,20)/b17-9-/t8-,11-/m1/s1. The first kappa shape index (κ1) is 16.2. The first-order valence-electron chi connectivity index (χ1n) is 7.32. The zero-order valence-corrected chi connectivity index (χ0v) is 14.4. The normalized spacial score (nSPS) is 22.9. The number of nitrogen functional groups attached to an aromatic ring is 1. The first-order valence-corrected chi connectivity index (χ1v) is 8.50. The number of hydrogen-bond donors (Lipinski definition) is 3. The van der Waals surface area contributed by atoms with Gasteiger partial charge in [0, 0.05) is 6.04 Å². The minimum absolute atomic E-state index is 0.448. The predicted octanol–water partition coefficient (Wildman–Crippen LogP) is 2.80. The summed E-state index contributed by atoms with van der Waals surface area (Å²) >= 11 is 6.62. The third kappa shape index (κ3) is 4.14. The maximum absolute atomic E-state index is 5.92. The fourth-order valence-electron chi connectivity index (χ4n) is 2.75. The quantitative estimate of drug-likeness (QED) is 0.453.